The summed E-state index contributed by atoms with van der Waals surface area (Å²) in [6, 6.07) is 18.2. The lowest BCUT2D eigenvalue weighted by Gasteiger charge is -2.34. The molecule has 4 rings (SSSR count). The third-order valence-corrected chi connectivity index (χ3v) is 5.64. The molecule has 1 amide bonds. The van der Waals surface area contributed by atoms with Gasteiger partial charge in [-0.25, -0.2) is 0 Å². The van der Waals surface area contributed by atoms with Gasteiger partial charge in [0.1, 0.15) is 12.4 Å². The van der Waals surface area contributed by atoms with Gasteiger partial charge in [-0.2, -0.15) is 0 Å². The maximum atomic E-state index is 12.3. The number of para-hydroxylation sites is 2. The van der Waals surface area contributed by atoms with Crippen molar-refractivity contribution in [1.82, 2.24) is 20.1 Å². The summed E-state index contributed by atoms with van der Waals surface area (Å²) in [7, 11) is 0. The second-order valence-corrected chi connectivity index (χ2v) is 7.74. The first-order chi connectivity index (χ1) is 14.8. The SMILES string of the molecule is O=C(CN1CCN(CCOc2ccccc2)CC1)NCCc1c[nH]c2ccccc12. The van der Waals surface area contributed by atoms with Crippen molar-refractivity contribution in [1.29, 1.82) is 0 Å². The number of amides is 1. The standard InChI is InChI=1S/C24H30N4O2/c29-24(25-11-10-20-18-26-23-9-5-4-8-22(20)23)19-28-14-12-27(13-15-28)16-17-30-21-6-2-1-3-7-21/h1-9,18,26H,10-17,19H2,(H,25,29). The predicted octanol–water partition coefficient (Wildman–Crippen LogP) is 2.52. The van der Waals surface area contributed by atoms with Crippen molar-refractivity contribution < 1.29 is 9.53 Å². The van der Waals surface area contributed by atoms with Gasteiger partial charge in [-0.05, 0) is 30.2 Å². The summed E-state index contributed by atoms with van der Waals surface area (Å²) in [5.74, 6) is 1.02. The molecule has 0 spiro atoms. The van der Waals surface area contributed by atoms with Crippen LogP contribution in [0.3, 0.4) is 0 Å². The molecule has 1 aliphatic rings. The highest BCUT2D eigenvalue weighted by molar-refractivity contribution is 5.83. The van der Waals surface area contributed by atoms with E-state index in [1.807, 2.05) is 48.7 Å². The van der Waals surface area contributed by atoms with Crippen LogP contribution >= 0.6 is 0 Å². The molecule has 0 saturated carbocycles. The summed E-state index contributed by atoms with van der Waals surface area (Å²) in [5, 5.41) is 4.30. The van der Waals surface area contributed by atoms with E-state index in [0.29, 0.717) is 19.7 Å². The first kappa shape index (κ1) is 20.4. The van der Waals surface area contributed by atoms with E-state index in [9.17, 15) is 4.79 Å². The molecule has 6 heteroatoms. The number of H-pyrrole nitrogens is 1. The Balaban J connectivity index is 1.11. The molecule has 0 unspecified atom stereocenters. The van der Waals surface area contributed by atoms with E-state index in [1.165, 1.54) is 10.9 Å². The Morgan fingerprint density at radius 1 is 0.967 bits per heavy atom. The fraction of sp³-hybridized carbons (Fsp3) is 0.375. The van der Waals surface area contributed by atoms with Crippen LogP contribution < -0.4 is 10.1 Å². The average Bonchev–Trinajstić information content (AvgIpc) is 3.19. The van der Waals surface area contributed by atoms with Gasteiger partial charge in [-0.1, -0.05) is 36.4 Å². The fourth-order valence-corrected chi connectivity index (χ4v) is 3.91. The molecule has 2 heterocycles. The second-order valence-electron chi connectivity index (χ2n) is 7.74. The Bertz CT molecular complexity index is 933. The fourth-order valence-electron chi connectivity index (χ4n) is 3.91. The minimum absolute atomic E-state index is 0.107. The zero-order valence-corrected chi connectivity index (χ0v) is 17.3. The summed E-state index contributed by atoms with van der Waals surface area (Å²) < 4.78 is 5.78. The van der Waals surface area contributed by atoms with Gasteiger partial charge in [0.25, 0.3) is 0 Å². The lowest BCUT2D eigenvalue weighted by Crippen LogP contribution is -2.50. The molecule has 0 radical (unpaired) electrons. The monoisotopic (exact) mass is 406 g/mol. The molecule has 0 atom stereocenters. The molecule has 6 nitrogen and oxygen atoms in total. The Morgan fingerprint density at radius 3 is 2.53 bits per heavy atom. The van der Waals surface area contributed by atoms with E-state index in [4.69, 9.17) is 4.74 Å². The Kier molecular flexibility index (Phi) is 7.00. The summed E-state index contributed by atoms with van der Waals surface area (Å²) in [5.41, 5.74) is 2.39. The molecule has 0 bridgehead atoms. The number of aromatic nitrogens is 1. The van der Waals surface area contributed by atoms with Crippen molar-refractivity contribution in [3.8, 4) is 5.75 Å². The van der Waals surface area contributed by atoms with E-state index in [1.54, 1.807) is 0 Å². The molecular weight excluding hydrogens is 376 g/mol. The maximum absolute atomic E-state index is 12.3. The molecule has 2 aromatic carbocycles. The molecule has 30 heavy (non-hydrogen) atoms. The summed E-state index contributed by atoms with van der Waals surface area (Å²) in [6.45, 7) is 6.53. The maximum Gasteiger partial charge on any atom is 0.234 e. The van der Waals surface area contributed by atoms with Gasteiger partial charge in [0.05, 0.1) is 6.54 Å². The molecule has 158 valence electrons. The third kappa shape index (κ3) is 5.62. The highest BCUT2D eigenvalue weighted by Gasteiger charge is 2.18. The normalized spacial score (nSPS) is 15.3. The summed E-state index contributed by atoms with van der Waals surface area (Å²) in [4.78, 5) is 20.2. The Hall–Kier alpha value is -2.83. The highest BCUT2D eigenvalue weighted by atomic mass is 16.5. The lowest BCUT2D eigenvalue weighted by atomic mass is 10.1. The van der Waals surface area contributed by atoms with Gasteiger partial charge < -0.3 is 15.0 Å². The minimum Gasteiger partial charge on any atom is -0.492 e. The van der Waals surface area contributed by atoms with Gasteiger partial charge in [0.15, 0.2) is 0 Å². The molecule has 2 N–H and O–H groups in total. The molecule has 1 aromatic heterocycles. The van der Waals surface area contributed by atoms with Gasteiger partial charge in [-0.15, -0.1) is 0 Å². The lowest BCUT2D eigenvalue weighted by molar-refractivity contribution is -0.122. The van der Waals surface area contributed by atoms with Crippen molar-refractivity contribution in [3.63, 3.8) is 0 Å². The summed E-state index contributed by atoms with van der Waals surface area (Å²) in [6.07, 6.45) is 2.88. The van der Waals surface area contributed by atoms with Crippen molar-refractivity contribution in [2.45, 2.75) is 6.42 Å². The minimum atomic E-state index is 0.107. The van der Waals surface area contributed by atoms with Crippen LogP contribution in [-0.4, -0.2) is 73.1 Å². The largest absolute Gasteiger partial charge is 0.492 e. The first-order valence-electron chi connectivity index (χ1n) is 10.7. The first-order valence-corrected chi connectivity index (χ1v) is 10.7. The Labute approximate surface area is 177 Å². The van der Waals surface area contributed by atoms with Crippen molar-refractivity contribution in [2.75, 3.05) is 52.4 Å². The number of nitrogens with zero attached hydrogens (tertiary/aromatic N) is 2. The Morgan fingerprint density at radius 2 is 1.70 bits per heavy atom. The molecule has 0 aliphatic carbocycles. The number of hydrogen-bond donors (Lipinski definition) is 2. The highest BCUT2D eigenvalue weighted by Crippen LogP contribution is 2.17. The van der Waals surface area contributed by atoms with Crippen LogP contribution in [0.1, 0.15) is 5.56 Å². The zero-order valence-electron chi connectivity index (χ0n) is 17.3. The smallest absolute Gasteiger partial charge is 0.234 e. The van der Waals surface area contributed by atoms with Crippen molar-refractivity contribution in [2.24, 2.45) is 0 Å². The van der Waals surface area contributed by atoms with Crippen molar-refractivity contribution >= 4 is 16.8 Å². The number of ether oxygens (including phenoxy) is 1. The van der Waals surface area contributed by atoms with Crippen LogP contribution in [0.5, 0.6) is 5.75 Å². The van der Waals surface area contributed by atoms with Crippen molar-refractivity contribution in [3.05, 3.63) is 66.4 Å². The number of nitrogens with one attached hydrogen (secondary N) is 2. The molecule has 1 fully saturated rings. The van der Waals surface area contributed by atoms with E-state index in [0.717, 1.165) is 50.4 Å². The van der Waals surface area contributed by atoms with Crippen LogP contribution in [0.2, 0.25) is 0 Å². The van der Waals surface area contributed by atoms with Gasteiger partial charge in [-0.3, -0.25) is 14.6 Å². The third-order valence-electron chi connectivity index (χ3n) is 5.64. The van der Waals surface area contributed by atoms with E-state index in [-0.39, 0.29) is 5.91 Å². The quantitative estimate of drug-likeness (QED) is 0.573. The number of carbonyl (C=O) groups is 1. The zero-order chi connectivity index (χ0) is 20.6. The molecular formula is C24H30N4O2. The number of piperazine rings is 1. The van der Waals surface area contributed by atoms with E-state index >= 15 is 0 Å². The summed E-state index contributed by atoms with van der Waals surface area (Å²) >= 11 is 0. The number of hydrogen-bond acceptors (Lipinski definition) is 4. The number of fused-ring (bicyclic) bond motifs is 1. The van der Waals surface area contributed by atoms with E-state index in [2.05, 4.69) is 32.2 Å². The van der Waals surface area contributed by atoms with Crippen LogP contribution in [0.4, 0.5) is 0 Å². The number of aromatic amines is 1. The van der Waals surface area contributed by atoms with E-state index < -0.39 is 0 Å². The average molecular weight is 407 g/mol. The second kappa shape index (κ2) is 10.3. The van der Waals surface area contributed by atoms with Crippen LogP contribution in [0.25, 0.3) is 10.9 Å². The van der Waals surface area contributed by atoms with Crippen LogP contribution in [0, 0.1) is 0 Å². The number of benzene rings is 2. The number of carbonyl (C=O) groups excluding carboxylic acids is 1. The van der Waals surface area contributed by atoms with Gasteiger partial charge in [0.2, 0.25) is 5.91 Å². The topological polar surface area (TPSA) is 60.6 Å². The predicted molar refractivity (Wildman–Crippen MR) is 120 cm³/mol. The van der Waals surface area contributed by atoms with Gasteiger partial charge in [0, 0.05) is 56.4 Å². The molecule has 3 aromatic rings. The molecule has 1 saturated heterocycles. The van der Waals surface area contributed by atoms with Crippen LogP contribution in [0.15, 0.2) is 60.8 Å². The van der Waals surface area contributed by atoms with Gasteiger partial charge >= 0.3 is 0 Å². The van der Waals surface area contributed by atoms with Crippen LogP contribution in [-0.2, 0) is 11.2 Å². The molecule has 1 aliphatic heterocycles. The number of rotatable bonds is 9.